The van der Waals surface area contributed by atoms with E-state index in [1.54, 1.807) is 4.90 Å². The average Bonchev–Trinajstić information content (AvgIpc) is 3.15. The second kappa shape index (κ2) is 8.77. The molecule has 9 heteroatoms. The molecule has 8 nitrogen and oxygen atoms in total. The maximum Gasteiger partial charge on any atom is 0.317 e. The number of amides is 3. The summed E-state index contributed by atoms with van der Waals surface area (Å²) in [5.41, 5.74) is 0.939. The number of nitrogens with one attached hydrogen (secondary N) is 1. The summed E-state index contributed by atoms with van der Waals surface area (Å²) in [7, 11) is 0. The molecule has 1 aromatic rings. The van der Waals surface area contributed by atoms with Crippen molar-refractivity contribution in [2.75, 3.05) is 39.4 Å². The average molecular weight is 382 g/mol. The van der Waals surface area contributed by atoms with E-state index in [4.69, 9.17) is 4.74 Å². The van der Waals surface area contributed by atoms with Crippen LogP contribution < -0.4 is 5.32 Å². The van der Waals surface area contributed by atoms with Crippen molar-refractivity contribution in [2.45, 2.75) is 39.2 Å². The number of ether oxygens (including phenoxy) is 1. The molecule has 3 heterocycles. The summed E-state index contributed by atoms with van der Waals surface area (Å²) in [4.78, 5) is 29.9. The van der Waals surface area contributed by atoms with E-state index in [1.807, 2.05) is 4.90 Å². The van der Waals surface area contributed by atoms with Crippen molar-refractivity contribution in [1.29, 1.82) is 0 Å². The third-order valence-corrected chi connectivity index (χ3v) is 5.65. The highest BCUT2D eigenvalue weighted by atomic mass is 32.1. The summed E-state index contributed by atoms with van der Waals surface area (Å²) in [5.74, 6) is 0.328. The third kappa shape index (κ3) is 4.50. The van der Waals surface area contributed by atoms with Gasteiger partial charge in [0.15, 0.2) is 0 Å². The van der Waals surface area contributed by atoms with Crippen molar-refractivity contribution < 1.29 is 14.3 Å². The number of hydrogen-bond donors (Lipinski definition) is 1. The molecule has 144 valence electrons. The molecule has 0 radical (unpaired) electrons. The Labute approximate surface area is 158 Å². The number of hydrogen-bond acceptors (Lipinski definition) is 6. The van der Waals surface area contributed by atoms with E-state index in [-0.39, 0.29) is 23.8 Å². The smallest absolute Gasteiger partial charge is 0.317 e. The van der Waals surface area contributed by atoms with Gasteiger partial charge in [-0.15, -0.1) is 5.10 Å². The molecule has 2 fully saturated rings. The molecule has 3 rings (SSSR count). The zero-order valence-electron chi connectivity index (χ0n) is 15.4. The summed E-state index contributed by atoms with van der Waals surface area (Å²) >= 11 is 1.32. The molecular weight excluding hydrogens is 354 g/mol. The number of urea groups is 1. The highest BCUT2D eigenvalue weighted by Crippen LogP contribution is 2.21. The van der Waals surface area contributed by atoms with Gasteiger partial charge >= 0.3 is 6.03 Å². The minimum absolute atomic E-state index is 0.108. The van der Waals surface area contributed by atoms with Crippen LogP contribution in [0.3, 0.4) is 0 Å². The Morgan fingerprint density at radius 2 is 2.04 bits per heavy atom. The second-order valence-corrected chi connectivity index (χ2v) is 7.96. The van der Waals surface area contributed by atoms with Crippen LogP contribution in [-0.2, 0) is 16.1 Å². The van der Waals surface area contributed by atoms with Gasteiger partial charge in [0.05, 0.1) is 36.2 Å². The standard InChI is InChI=1S/C17H27N5O3S/c1-12(2)15-14(26-20-19-15)10-18-17(24)22-5-3-4-13(11-22)16(23)21-6-8-25-9-7-21/h12-13H,3-11H2,1-2H3,(H,18,24). The van der Waals surface area contributed by atoms with Crippen LogP contribution in [-0.4, -0.2) is 70.7 Å². The van der Waals surface area contributed by atoms with Crippen molar-refractivity contribution in [1.82, 2.24) is 24.7 Å². The van der Waals surface area contributed by atoms with E-state index in [0.717, 1.165) is 23.4 Å². The maximum absolute atomic E-state index is 12.7. The molecule has 1 unspecified atom stereocenters. The number of morpholine rings is 1. The molecule has 2 aliphatic rings. The number of aromatic nitrogens is 2. The van der Waals surface area contributed by atoms with Gasteiger partial charge in [-0.25, -0.2) is 4.79 Å². The second-order valence-electron chi connectivity index (χ2n) is 7.12. The van der Waals surface area contributed by atoms with Crippen LogP contribution in [0.1, 0.15) is 43.2 Å². The predicted molar refractivity (Wildman–Crippen MR) is 97.9 cm³/mol. The monoisotopic (exact) mass is 381 g/mol. The minimum atomic E-state index is -0.118. The summed E-state index contributed by atoms with van der Waals surface area (Å²) < 4.78 is 9.30. The van der Waals surface area contributed by atoms with Crippen molar-refractivity contribution in [3.8, 4) is 0 Å². The summed E-state index contributed by atoms with van der Waals surface area (Å²) in [6, 6.07) is -0.118. The number of likely N-dealkylation sites (tertiary alicyclic amines) is 1. The Morgan fingerprint density at radius 3 is 2.77 bits per heavy atom. The lowest BCUT2D eigenvalue weighted by Gasteiger charge is -2.36. The van der Waals surface area contributed by atoms with Crippen molar-refractivity contribution in [3.63, 3.8) is 0 Å². The fourth-order valence-corrected chi connectivity index (χ4v) is 4.18. The van der Waals surface area contributed by atoms with Crippen LogP contribution >= 0.6 is 11.5 Å². The van der Waals surface area contributed by atoms with Crippen LogP contribution in [0.4, 0.5) is 4.79 Å². The topological polar surface area (TPSA) is 87.7 Å². The molecule has 1 N–H and O–H groups in total. The molecular formula is C17H27N5O3S. The number of carbonyl (C=O) groups excluding carboxylic acids is 2. The lowest BCUT2D eigenvalue weighted by atomic mass is 9.96. The Kier molecular flexibility index (Phi) is 6.42. The van der Waals surface area contributed by atoms with E-state index in [1.165, 1.54) is 11.5 Å². The number of nitrogens with zero attached hydrogens (tertiary/aromatic N) is 4. The number of carbonyl (C=O) groups is 2. The first kappa shape index (κ1) is 19.0. The SMILES string of the molecule is CC(C)c1nnsc1CNC(=O)N1CCCC(C(=O)N2CCOCC2)C1. The van der Waals surface area contributed by atoms with Gasteiger partial charge < -0.3 is 19.9 Å². The first-order chi connectivity index (χ1) is 12.6. The largest absolute Gasteiger partial charge is 0.378 e. The number of piperidine rings is 1. The van der Waals surface area contributed by atoms with Crippen LogP contribution in [0.5, 0.6) is 0 Å². The Balaban J connectivity index is 1.52. The third-order valence-electron chi connectivity index (χ3n) is 4.91. The van der Waals surface area contributed by atoms with Crippen LogP contribution in [0.25, 0.3) is 0 Å². The van der Waals surface area contributed by atoms with Gasteiger partial charge in [0.1, 0.15) is 0 Å². The van der Waals surface area contributed by atoms with Gasteiger partial charge in [-0.3, -0.25) is 4.79 Å². The highest BCUT2D eigenvalue weighted by molar-refractivity contribution is 7.05. The molecule has 26 heavy (non-hydrogen) atoms. The fourth-order valence-electron chi connectivity index (χ4n) is 3.45. The first-order valence-electron chi connectivity index (χ1n) is 9.26. The molecule has 0 saturated carbocycles. The van der Waals surface area contributed by atoms with E-state index in [9.17, 15) is 9.59 Å². The molecule has 0 aromatic carbocycles. The van der Waals surface area contributed by atoms with E-state index in [2.05, 4.69) is 28.8 Å². The molecule has 0 aliphatic carbocycles. The molecule has 0 bridgehead atoms. The Hall–Kier alpha value is -1.74. The maximum atomic E-state index is 12.7. The normalized spacial score (nSPS) is 21.1. The Morgan fingerprint density at radius 1 is 1.27 bits per heavy atom. The van der Waals surface area contributed by atoms with Gasteiger partial charge in [-0.1, -0.05) is 18.3 Å². The lowest BCUT2D eigenvalue weighted by Crippen LogP contribution is -2.51. The van der Waals surface area contributed by atoms with E-state index in [0.29, 0.717) is 45.9 Å². The van der Waals surface area contributed by atoms with Gasteiger partial charge in [0.25, 0.3) is 0 Å². The number of rotatable bonds is 4. The van der Waals surface area contributed by atoms with Gasteiger partial charge in [-0.05, 0) is 30.3 Å². The van der Waals surface area contributed by atoms with Gasteiger partial charge in [0, 0.05) is 26.2 Å². The Bertz CT molecular complexity index is 630. The fraction of sp³-hybridized carbons (Fsp3) is 0.765. The summed E-state index contributed by atoms with van der Waals surface area (Å²) in [5, 5.41) is 7.10. The van der Waals surface area contributed by atoms with Crippen molar-refractivity contribution >= 4 is 23.5 Å². The zero-order valence-corrected chi connectivity index (χ0v) is 16.3. The zero-order chi connectivity index (χ0) is 18.5. The molecule has 0 spiro atoms. The van der Waals surface area contributed by atoms with E-state index < -0.39 is 0 Å². The predicted octanol–water partition coefficient (Wildman–Crippen LogP) is 1.44. The summed E-state index contributed by atoms with van der Waals surface area (Å²) in [6.45, 7) is 8.24. The quantitative estimate of drug-likeness (QED) is 0.853. The molecule has 1 aromatic heterocycles. The van der Waals surface area contributed by atoms with Crippen molar-refractivity contribution in [2.24, 2.45) is 5.92 Å². The van der Waals surface area contributed by atoms with Gasteiger partial charge in [0.2, 0.25) is 5.91 Å². The van der Waals surface area contributed by atoms with Crippen molar-refractivity contribution in [3.05, 3.63) is 10.6 Å². The molecule has 3 amide bonds. The molecule has 2 saturated heterocycles. The summed E-state index contributed by atoms with van der Waals surface area (Å²) in [6.07, 6.45) is 1.70. The van der Waals surface area contributed by atoms with Crippen LogP contribution in [0, 0.1) is 5.92 Å². The van der Waals surface area contributed by atoms with Crippen LogP contribution in [0.2, 0.25) is 0 Å². The minimum Gasteiger partial charge on any atom is -0.378 e. The molecule has 1 atom stereocenters. The van der Waals surface area contributed by atoms with Crippen LogP contribution in [0.15, 0.2) is 0 Å². The lowest BCUT2D eigenvalue weighted by molar-refractivity contribution is -0.141. The van der Waals surface area contributed by atoms with E-state index >= 15 is 0 Å². The highest BCUT2D eigenvalue weighted by Gasteiger charge is 2.31. The molecule has 2 aliphatic heterocycles. The van der Waals surface area contributed by atoms with Gasteiger partial charge in [-0.2, -0.15) is 0 Å². The first-order valence-corrected chi connectivity index (χ1v) is 10.0.